The number of carbonyl (C=O) groups is 1. The molecule has 0 saturated carbocycles. The van der Waals surface area contributed by atoms with Gasteiger partial charge in [0.15, 0.2) is 12.9 Å². The van der Waals surface area contributed by atoms with Gasteiger partial charge in [0.2, 0.25) is 0 Å². The number of rotatable bonds is 6. The first-order valence-electron chi connectivity index (χ1n) is 10.1. The molecule has 1 atom stereocenters. The number of nitrogens with zero attached hydrogens (tertiary/aromatic N) is 1. The van der Waals surface area contributed by atoms with Crippen molar-refractivity contribution in [3.05, 3.63) is 65.7 Å². The van der Waals surface area contributed by atoms with E-state index in [4.69, 9.17) is 14.2 Å². The largest absolute Gasteiger partial charge is 0.483 e. The average molecular weight is 381 g/mol. The lowest BCUT2D eigenvalue weighted by atomic mass is 9.97. The molecule has 2 aromatic carbocycles. The van der Waals surface area contributed by atoms with Crippen molar-refractivity contribution in [1.82, 2.24) is 4.90 Å². The van der Waals surface area contributed by atoms with E-state index in [1.54, 1.807) is 0 Å². The Morgan fingerprint density at radius 3 is 2.61 bits per heavy atom. The average Bonchev–Trinajstić information content (AvgIpc) is 3.29. The van der Waals surface area contributed by atoms with E-state index < -0.39 is 0 Å². The molecule has 2 aliphatic heterocycles. The summed E-state index contributed by atoms with van der Waals surface area (Å²) in [4.78, 5) is 14.6. The van der Waals surface area contributed by atoms with Crippen LogP contribution in [0.1, 0.15) is 24.0 Å². The minimum atomic E-state index is -0.164. The van der Waals surface area contributed by atoms with Crippen molar-refractivity contribution in [3.63, 3.8) is 0 Å². The molecule has 2 aliphatic rings. The number of piperidine rings is 1. The van der Waals surface area contributed by atoms with Crippen molar-refractivity contribution < 1.29 is 19.0 Å². The quantitative estimate of drug-likeness (QED) is 0.771. The fourth-order valence-electron chi connectivity index (χ4n) is 3.94. The molecular formula is C23H27NO4. The first-order valence-corrected chi connectivity index (χ1v) is 10.1. The van der Waals surface area contributed by atoms with Crippen LogP contribution >= 0.6 is 0 Å². The third-order valence-electron chi connectivity index (χ3n) is 5.40. The van der Waals surface area contributed by atoms with Crippen molar-refractivity contribution in [2.75, 3.05) is 32.9 Å². The summed E-state index contributed by atoms with van der Waals surface area (Å²) in [6.45, 7) is 2.81. The molecule has 0 bridgehead atoms. The van der Waals surface area contributed by atoms with E-state index in [0.717, 1.165) is 37.1 Å². The molecule has 2 heterocycles. The molecule has 0 N–H and O–H groups in total. The van der Waals surface area contributed by atoms with Gasteiger partial charge in [-0.15, -0.1) is 0 Å². The van der Waals surface area contributed by atoms with E-state index >= 15 is 0 Å². The van der Waals surface area contributed by atoms with Gasteiger partial charge >= 0.3 is 0 Å². The second-order valence-electron chi connectivity index (χ2n) is 7.41. The second kappa shape index (κ2) is 9.22. The number of ether oxygens (including phenoxy) is 3. The molecule has 1 unspecified atom stereocenters. The highest BCUT2D eigenvalue weighted by atomic mass is 16.7. The zero-order valence-corrected chi connectivity index (χ0v) is 16.1. The molecule has 2 aromatic rings. The van der Waals surface area contributed by atoms with E-state index in [-0.39, 0.29) is 24.7 Å². The number of likely N-dealkylation sites (tertiary alicyclic amines) is 1. The Balaban J connectivity index is 1.34. The Labute approximate surface area is 166 Å². The fourth-order valence-corrected chi connectivity index (χ4v) is 3.94. The minimum absolute atomic E-state index is 0.0252. The first kappa shape index (κ1) is 19.0. The van der Waals surface area contributed by atoms with Crippen LogP contribution in [0.5, 0.6) is 5.75 Å². The van der Waals surface area contributed by atoms with Crippen LogP contribution in [-0.2, 0) is 20.7 Å². The Morgan fingerprint density at radius 2 is 1.79 bits per heavy atom. The lowest BCUT2D eigenvalue weighted by molar-refractivity contribution is -0.141. The van der Waals surface area contributed by atoms with Crippen LogP contribution in [0.2, 0.25) is 0 Å². The Kier molecular flexibility index (Phi) is 6.24. The van der Waals surface area contributed by atoms with Gasteiger partial charge in [-0.2, -0.15) is 0 Å². The second-order valence-corrected chi connectivity index (χ2v) is 7.41. The normalized spacial score (nSPS) is 20.3. The number of hydrogen-bond acceptors (Lipinski definition) is 4. The summed E-state index contributed by atoms with van der Waals surface area (Å²) >= 11 is 0. The minimum Gasteiger partial charge on any atom is -0.483 e. The van der Waals surface area contributed by atoms with Crippen LogP contribution in [0.15, 0.2) is 54.6 Å². The van der Waals surface area contributed by atoms with Crippen LogP contribution in [0.3, 0.4) is 0 Å². The zero-order valence-electron chi connectivity index (χ0n) is 16.1. The molecule has 2 fully saturated rings. The van der Waals surface area contributed by atoms with Crippen LogP contribution < -0.4 is 4.74 Å². The first-order chi connectivity index (χ1) is 13.8. The van der Waals surface area contributed by atoms with Crippen LogP contribution in [0.25, 0.3) is 0 Å². The van der Waals surface area contributed by atoms with E-state index in [2.05, 4.69) is 18.2 Å². The Hall–Kier alpha value is -2.37. The maximum absolute atomic E-state index is 12.7. The van der Waals surface area contributed by atoms with Gasteiger partial charge < -0.3 is 19.1 Å². The summed E-state index contributed by atoms with van der Waals surface area (Å²) in [7, 11) is 0. The molecule has 0 radical (unpaired) electrons. The molecule has 148 valence electrons. The van der Waals surface area contributed by atoms with Crippen LogP contribution in [0, 0.1) is 5.92 Å². The molecule has 1 amide bonds. The summed E-state index contributed by atoms with van der Waals surface area (Å²) in [6, 6.07) is 18.2. The topological polar surface area (TPSA) is 48.0 Å². The zero-order chi connectivity index (χ0) is 19.2. The summed E-state index contributed by atoms with van der Waals surface area (Å²) < 4.78 is 17.2. The van der Waals surface area contributed by atoms with Crippen LogP contribution in [-0.4, -0.2) is 50.0 Å². The highest BCUT2D eigenvalue weighted by Crippen LogP contribution is 2.25. The third-order valence-corrected chi connectivity index (χ3v) is 5.40. The van der Waals surface area contributed by atoms with Crippen molar-refractivity contribution in [3.8, 4) is 5.75 Å². The molecule has 5 heteroatoms. The summed E-state index contributed by atoms with van der Waals surface area (Å²) in [5.41, 5.74) is 2.31. The van der Waals surface area contributed by atoms with Crippen LogP contribution in [0.4, 0.5) is 0 Å². The third kappa shape index (κ3) is 4.72. The van der Waals surface area contributed by atoms with Gasteiger partial charge in [-0.3, -0.25) is 4.79 Å². The van der Waals surface area contributed by atoms with Gasteiger partial charge in [-0.05, 0) is 30.0 Å². The van der Waals surface area contributed by atoms with Gasteiger partial charge in [-0.1, -0.05) is 48.5 Å². The lowest BCUT2D eigenvalue weighted by Gasteiger charge is -2.34. The highest BCUT2D eigenvalue weighted by Gasteiger charge is 2.32. The predicted molar refractivity (Wildman–Crippen MR) is 106 cm³/mol. The van der Waals surface area contributed by atoms with E-state index in [9.17, 15) is 4.79 Å². The smallest absolute Gasteiger partial charge is 0.260 e. The lowest BCUT2D eigenvalue weighted by Crippen LogP contribution is -2.45. The van der Waals surface area contributed by atoms with Crippen molar-refractivity contribution in [2.24, 2.45) is 5.92 Å². The standard InChI is InChI=1S/C23H27NO4/c25-22(24-12-6-10-20(16-24)23-26-13-14-27-23)17-28-21-11-5-4-9-19(21)15-18-7-2-1-3-8-18/h1-5,7-9,11,20,23H,6,10,12-17H2. The highest BCUT2D eigenvalue weighted by molar-refractivity contribution is 5.78. The van der Waals surface area contributed by atoms with Crippen molar-refractivity contribution >= 4 is 5.91 Å². The Morgan fingerprint density at radius 1 is 1.04 bits per heavy atom. The van der Waals surface area contributed by atoms with Gasteiger partial charge in [0.25, 0.3) is 5.91 Å². The molecule has 0 aliphatic carbocycles. The molecule has 0 spiro atoms. The van der Waals surface area contributed by atoms with Gasteiger partial charge in [0, 0.05) is 25.4 Å². The number of benzene rings is 2. The predicted octanol–water partition coefficient (Wildman–Crippen LogP) is 3.27. The van der Waals surface area contributed by atoms with E-state index in [0.29, 0.717) is 19.8 Å². The van der Waals surface area contributed by atoms with Gasteiger partial charge in [0.1, 0.15) is 5.75 Å². The summed E-state index contributed by atoms with van der Waals surface area (Å²) in [5, 5.41) is 0. The number of amides is 1. The maximum atomic E-state index is 12.7. The van der Waals surface area contributed by atoms with Gasteiger partial charge in [0.05, 0.1) is 13.2 Å². The molecule has 2 saturated heterocycles. The number of para-hydroxylation sites is 1. The fraction of sp³-hybridized carbons (Fsp3) is 0.435. The maximum Gasteiger partial charge on any atom is 0.260 e. The monoisotopic (exact) mass is 381 g/mol. The molecule has 4 rings (SSSR count). The van der Waals surface area contributed by atoms with Crippen molar-refractivity contribution in [1.29, 1.82) is 0 Å². The number of carbonyl (C=O) groups excluding carboxylic acids is 1. The van der Waals surface area contributed by atoms with E-state index in [1.165, 1.54) is 5.56 Å². The summed E-state index contributed by atoms with van der Waals surface area (Å²) in [5.74, 6) is 1.05. The summed E-state index contributed by atoms with van der Waals surface area (Å²) in [6.07, 6.45) is 2.63. The van der Waals surface area contributed by atoms with E-state index in [1.807, 2.05) is 41.3 Å². The van der Waals surface area contributed by atoms with Crippen molar-refractivity contribution in [2.45, 2.75) is 25.6 Å². The number of hydrogen-bond donors (Lipinski definition) is 0. The Bertz CT molecular complexity index is 773. The molecule has 28 heavy (non-hydrogen) atoms. The molecular weight excluding hydrogens is 354 g/mol. The molecule has 0 aromatic heterocycles. The molecule has 5 nitrogen and oxygen atoms in total. The SMILES string of the molecule is O=C(COc1ccccc1Cc1ccccc1)N1CCCC(C2OCCO2)C1. The van der Waals surface area contributed by atoms with Gasteiger partial charge in [-0.25, -0.2) is 0 Å².